The average molecular weight is 233 g/mol. The van der Waals surface area contributed by atoms with Gasteiger partial charge in [0, 0.05) is 17.0 Å². The number of hydrogen-bond donors (Lipinski definition) is 1. The summed E-state index contributed by atoms with van der Waals surface area (Å²) in [5.41, 5.74) is 0. The van der Waals surface area contributed by atoms with Crippen molar-refractivity contribution in [3.05, 3.63) is 0 Å². The van der Waals surface area contributed by atoms with E-state index in [1.165, 1.54) is 43.7 Å². The Kier molecular flexibility index (Phi) is 7.17. The van der Waals surface area contributed by atoms with Gasteiger partial charge >= 0.3 is 0 Å². The summed E-state index contributed by atoms with van der Waals surface area (Å²) in [5, 5.41) is 4.57. The Morgan fingerprint density at radius 3 is 3.07 bits per heavy atom. The summed E-state index contributed by atoms with van der Waals surface area (Å²) in [6.07, 6.45) is 7.69. The van der Waals surface area contributed by atoms with Crippen LogP contribution in [0, 0.1) is 0 Å². The van der Waals surface area contributed by atoms with Crippen molar-refractivity contribution in [2.24, 2.45) is 0 Å². The van der Waals surface area contributed by atoms with E-state index in [4.69, 9.17) is 0 Å². The van der Waals surface area contributed by atoms with Crippen LogP contribution in [0.5, 0.6) is 0 Å². The van der Waals surface area contributed by atoms with Crippen LogP contribution in [-0.4, -0.2) is 35.6 Å². The molecule has 1 nitrogen and oxygen atoms in total. The van der Waals surface area contributed by atoms with E-state index in [1.807, 2.05) is 11.8 Å². The predicted octanol–water partition coefficient (Wildman–Crippen LogP) is 3.00. The van der Waals surface area contributed by atoms with E-state index in [1.54, 1.807) is 0 Å². The molecule has 0 aromatic rings. The topological polar surface area (TPSA) is 12.0 Å². The minimum absolute atomic E-state index is 0.805. The molecule has 1 N–H and O–H groups in total. The predicted molar refractivity (Wildman–Crippen MR) is 70.6 cm³/mol. The zero-order valence-corrected chi connectivity index (χ0v) is 11.1. The molecular weight excluding hydrogens is 210 g/mol. The number of nitrogens with one attached hydrogen (secondary N) is 1. The van der Waals surface area contributed by atoms with Gasteiger partial charge in [0.1, 0.15) is 0 Å². The second-order valence-electron chi connectivity index (χ2n) is 3.98. The summed E-state index contributed by atoms with van der Waals surface area (Å²) in [4.78, 5) is 0. The molecule has 0 spiro atoms. The molecule has 1 saturated heterocycles. The first-order valence-corrected chi connectivity index (χ1v) is 8.15. The Labute approximate surface area is 97.2 Å². The summed E-state index contributed by atoms with van der Waals surface area (Å²) in [5.74, 6) is 2.67. The van der Waals surface area contributed by atoms with E-state index >= 15 is 0 Å². The van der Waals surface area contributed by atoms with Gasteiger partial charge in [-0.3, -0.25) is 0 Å². The first-order chi connectivity index (χ1) is 6.86. The fourth-order valence-corrected chi connectivity index (χ4v) is 3.77. The zero-order chi connectivity index (χ0) is 10.2. The molecule has 0 amide bonds. The molecule has 0 aliphatic carbocycles. The molecule has 0 bridgehead atoms. The molecule has 1 heterocycles. The van der Waals surface area contributed by atoms with Crippen LogP contribution in [0.1, 0.15) is 32.6 Å². The van der Waals surface area contributed by atoms with Crippen LogP contribution in [0.2, 0.25) is 0 Å². The third-order valence-corrected chi connectivity index (χ3v) is 4.83. The molecule has 0 radical (unpaired) electrons. The summed E-state index contributed by atoms with van der Waals surface area (Å²) >= 11 is 4.15. The highest BCUT2D eigenvalue weighted by Crippen LogP contribution is 2.30. The smallest absolute Gasteiger partial charge is 0.0168 e. The number of rotatable bonds is 7. The highest BCUT2D eigenvalue weighted by atomic mass is 32.2. The lowest BCUT2D eigenvalue weighted by atomic mass is 10.1. The van der Waals surface area contributed by atoms with E-state index in [2.05, 4.69) is 30.3 Å². The van der Waals surface area contributed by atoms with E-state index in [0.717, 1.165) is 11.3 Å². The first-order valence-electron chi connectivity index (χ1n) is 5.70. The minimum Gasteiger partial charge on any atom is -0.313 e. The van der Waals surface area contributed by atoms with Crippen LogP contribution >= 0.6 is 23.5 Å². The molecule has 0 saturated carbocycles. The van der Waals surface area contributed by atoms with Gasteiger partial charge in [0.25, 0.3) is 0 Å². The highest BCUT2D eigenvalue weighted by Gasteiger charge is 2.23. The van der Waals surface area contributed by atoms with Gasteiger partial charge in [0.05, 0.1) is 0 Å². The lowest BCUT2D eigenvalue weighted by Gasteiger charge is -2.11. The summed E-state index contributed by atoms with van der Waals surface area (Å²) in [6, 6.07) is 0.805. The average Bonchev–Trinajstić information content (AvgIpc) is 2.63. The van der Waals surface area contributed by atoms with Crippen molar-refractivity contribution in [3.63, 3.8) is 0 Å². The molecule has 14 heavy (non-hydrogen) atoms. The third-order valence-electron chi connectivity index (χ3n) is 2.64. The SMILES string of the molecule is CCCNC1CSC(CCCSC)C1. The molecule has 1 aliphatic rings. The normalized spacial score (nSPS) is 27.0. The minimum atomic E-state index is 0.805. The van der Waals surface area contributed by atoms with Gasteiger partial charge in [-0.25, -0.2) is 0 Å². The molecule has 1 fully saturated rings. The standard InChI is InChI=1S/C11H23NS2/c1-3-6-12-10-8-11(14-9-10)5-4-7-13-2/h10-12H,3-9H2,1-2H3. The van der Waals surface area contributed by atoms with Gasteiger partial charge in [0.2, 0.25) is 0 Å². The Morgan fingerprint density at radius 1 is 1.50 bits per heavy atom. The van der Waals surface area contributed by atoms with E-state index in [9.17, 15) is 0 Å². The van der Waals surface area contributed by atoms with Crippen molar-refractivity contribution in [1.29, 1.82) is 0 Å². The van der Waals surface area contributed by atoms with Crippen molar-refractivity contribution in [2.45, 2.75) is 43.9 Å². The van der Waals surface area contributed by atoms with Crippen LogP contribution in [0.3, 0.4) is 0 Å². The molecule has 1 rings (SSSR count). The molecule has 84 valence electrons. The first kappa shape index (κ1) is 12.7. The fraction of sp³-hybridized carbons (Fsp3) is 1.00. The quantitative estimate of drug-likeness (QED) is 0.679. The van der Waals surface area contributed by atoms with Gasteiger partial charge in [-0.15, -0.1) is 0 Å². The van der Waals surface area contributed by atoms with Gasteiger partial charge < -0.3 is 5.32 Å². The largest absolute Gasteiger partial charge is 0.313 e. The molecule has 2 atom stereocenters. The van der Waals surface area contributed by atoms with Crippen molar-refractivity contribution >= 4 is 23.5 Å². The van der Waals surface area contributed by atoms with E-state index in [-0.39, 0.29) is 0 Å². The number of hydrogen-bond acceptors (Lipinski definition) is 3. The second kappa shape index (κ2) is 7.89. The molecular formula is C11H23NS2. The van der Waals surface area contributed by atoms with Crippen molar-refractivity contribution in [3.8, 4) is 0 Å². The number of thioether (sulfide) groups is 2. The van der Waals surface area contributed by atoms with E-state index < -0.39 is 0 Å². The molecule has 1 aliphatic heterocycles. The van der Waals surface area contributed by atoms with Gasteiger partial charge in [-0.05, 0) is 44.2 Å². The van der Waals surface area contributed by atoms with Crippen LogP contribution in [0.15, 0.2) is 0 Å². The molecule has 3 heteroatoms. The van der Waals surface area contributed by atoms with Crippen molar-refractivity contribution in [1.82, 2.24) is 5.32 Å². The van der Waals surface area contributed by atoms with Crippen LogP contribution < -0.4 is 5.32 Å². The summed E-state index contributed by atoms with van der Waals surface area (Å²) in [6.45, 7) is 3.44. The molecule has 0 aromatic heterocycles. The summed E-state index contributed by atoms with van der Waals surface area (Å²) < 4.78 is 0. The Balaban J connectivity index is 2.02. The maximum atomic E-state index is 3.63. The lowest BCUT2D eigenvalue weighted by molar-refractivity contribution is 0.521. The third kappa shape index (κ3) is 4.94. The monoisotopic (exact) mass is 233 g/mol. The Hall–Kier alpha value is 0.660. The maximum absolute atomic E-state index is 3.63. The lowest BCUT2D eigenvalue weighted by Crippen LogP contribution is -2.29. The van der Waals surface area contributed by atoms with Gasteiger partial charge in [-0.2, -0.15) is 23.5 Å². The molecule has 2 unspecified atom stereocenters. The van der Waals surface area contributed by atoms with Crippen molar-refractivity contribution < 1.29 is 0 Å². The van der Waals surface area contributed by atoms with Gasteiger partial charge in [-0.1, -0.05) is 6.92 Å². The van der Waals surface area contributed by atoms with E-state index in [0.29, 0.717) is 0 Å². The second-order valence-corrected chi connectivity index (χ2v) is 6.30. The maximum Gasteiger partial charge on any atom is 0.0168 e. The fourth-order valence-electron chi connectivity index (χ4n) is 1.85. The van der Waals surface area contributed by atoms with Crippen LogP contribution in [0.4, 0.5) is 0 Å². The van der Waals surface area contributed by atoms with Crippen LogP contribution in [-0.2, 0) is 0 Å². The zero-order valence-electron chi connectivity index (χ0n) is 9.42. The van der Waals surface area contributed by atoms with Crippen molar-refractivity contribution in [2.75, 3.05) is 24.3 Å². The highest BCUT2D eigenvalue weighted by molar-refractivity contribution is 8.00. The van der Waals surface area contributed by atoms with Crippen LogP contribution in [0.25, 0.3) is 0 Å². The summed E-state index contributed by atoms with van der Waals surface area (Å²) in [7, 11) is 0. The Bertz CT molecular complexity index is 141. The van der Waals surface area contributed by atoms with Gasteiger partial charge in [0.15, 0.2) is 0 Å². The Morgan fingerprint density at radius 2 is 2.36 bits per heavy atom. The molecule has 0 aromatic carbocycles.